The molecule has 0 heterocycles. The highest BCUT2D eigenvalue weighted by molar-refractivity contribution is 7.90. The van der Waals surface area contributed by atoms with Gasteiger partial charge in [0.2, 0.25) is 0 Å². The van der Waals surface area contributed by atoms with Crippen LogP contribution in [0.4, 0.5) is 0 Å². The van der Waals surface area contributed by atoms with Crippen LogP contribution in [0.15, 0.2) is 17.0 Å². The number of sulfone groups is 1. The Morgan fingerprint density at radius 2 is 1.67 bits per heavy atom. The fraction of sp³-hybridized carbons (Fsp3) is 0.455. The van der Waals surface area contributed by atoms with Crippen LogP contribution in [-0.2, 0) is 9.84 Å². The molecule has 0 aromatic heterocycles. The van der Waals surface area contributed by atoms with Crippen molar-refractivity contribution in [2.45, 2.75) is 31.7 Å². The molecule has 1 aromatic carbocycles. The maximum atomic E-state index is 11.6. The SMILES string of the molecule is Cc1cc(C(C)N)c(S(C)(=O)=O)cc1C. The minimum Gasteiger partial charge on any atom is -0.324 e. The molecule has 0 amide bonds. The first-order valence-corrected chi connectivity index (χ1v) is 6.69. The Bertz CT molecular complexity index is 476. The summed E-state index contributed by atoms with van der Waals surface area (Å²) in [7, 11) is -3.20. The third kappa shape index (κ3) is 2.58. The van der Waals surface area contributed by atoms with Gasteiger partial charge in [-0.3, -0.25) is 0 Å². The first kappa shape index (κ1) is 12.2. The molecule has 0 saturated heterocycles. The Morgan fingerprint density at radius 3 is 2.07 bits per heavy atom. The molecule has 1 unspecified atom stereocenters. The summed E-state index contributed by atoms with van der Waals surface area (Å²) in [6.07, 6.45) is 1.21. The zero-order chi connectivity index (χ0) is 11.8. The zero-order valence-electron chi connectivity index (χ0n) is 9.53. The van der Waals surface area contributed by atoms with E-state index in [0.29, 0.717) is 10.5 Å². The highest BCUT2D eigenvalue weighted by Crippen LogP contribution is 2.24. The quantitative estimate of drug-likeness (QED) is 0.837. The van der Waals surface area contributed by atoms with Crippen LogP contribution in [-0.4, -0.2) is 14.7 Å². The summed E-state index contributed by atoms with van der Waals surface area (Å²) < 4.78 is 23.1. The van der Waals surface area contributed by atoms with Crippen LogP contribution in [0.25, 0.3) is 0 Å². The van der Waals surface area contributed by atoms with E-state index < -0.39 is 9.84 Å². The van der Waals surface area contributed by atoms with Crippen molar-refractivity contribution in [2.24, 2.45) is 5.73 Å². The van der Waals surface area contributed by atoms with Crippen molar-refractivity contribution in [3.8, 4) is 0 Å². The van der Waals surface area contributed by atoms with E-state index in [2.05, 4.69) is 0 Å². The molecule has 2 N–H and O–H groups in total. The van der Waals surface area contributed by atoms with Gasteiger partial charge in [-0.15, -0.1) is 0 Å². The molecular weight excluding hydrogens is 210 g/mol. The van der Waals surface area contributed by atoms with E-state index in [4.69, 9.17) is 5.73 Å². The molecule has 0 fully saturated rings. The number of hydrogen-bond acceptors (Lipinski definition) is 3. The molecule has 1 aromatic rings. The van der Waals surface area contributed by atoms with Crippen molar-refractivity contribution in [3.63, 3.8) is 0 Å². The van der Waals surface area contributed by atoms with E-state index in [9.17, 15) is 8.42 Å². The second-order valence-corrected chi connectivity index (χ2v) is 6.02. The molecule has 0 radical (unpaired) electrons. The number of rotatable bonds is 2. The number of hydrogen-bond donors (Lipinski definition) is 1. The molecule has 1 atom stereocenters. The topological polar surface area (TPSA) is 60.2 Å². The summed E-state index contributed by atoms with van der Waals surface area (Å²) in [4.78, 5) is 0.348. The van der Waals surface area contributed by atoms with E-state index in [1.807, 2.05) is 19.9 Å². The maximum absolute atomic E-state index is 11.6. The third-order valence-electron chi connectivity index (χ3n) is 2.52. The second kappa shape index (κ2) is 3.94. The molecule has 0 bridgehead atoms. The Kier molecular flexibility index (Phi) is 3.21. The van der Waals surface area contributed by atoms with Crippen LogP contribution in [0, 0.1) is 13.8 Å². The van der Waals surface area contributed by atoms with Gasteiger partial charge in [0, 0.05) is 12.3 Å². The van der Waals surface area contributed by atoms with E-state index >= 15 is 0 Å². The van der Waals surface area contributed by atoms with Gasteiger partial charge in [0.15, 0.2) is 9.84 Å². The number of benzene rings is 1. The highest BCUT2D eigenvalue weighted by atomic mass is 32.2. The Labute approximate surface area is 91.2 Å². The van der Waals surface area contributed by atoms with Crippen LogP contribution in [0.5, 0.6) is 0 Å². The predicted octanol–water partition coefficient (Wildman–Crippen LogP) is 1.73. The van der Waals surface area contributed by atoms with Gasteiger partial charge in [0.1, 0.15) is 0 Å². The highest BCUT2D eigenvalue weighted by Gasteiger charge is 2.16. The van der Waals surface area contributed by atoms with Crippen molar-refractivity contribution in [1.29, 1.82) is 0 Å². The predicted molar refractivity (Wildman–Crippen MR) is 61.6 cm³/mol. The Balaban J connectivity index is 3.56. The van der Waals surface area contributed by atoms with Crippen LogP contribution in [0.1, 0.15) is 29.7 Å². The smallest absolute Gasteiger partial charge is 0.175 e. The summed E-state index contributed by atoms with van der Waals surface area (Å²) in [5.74, 6) is 0. The van der Waals surface area contributed by atoms with Gasteiger partial charge in [-0.25, -0.2) is 8.42 Å². The Morgan fingerprint density at radius 1 is 1.20 bits per heavy atom. The lowest BCUT2D eigenvalue weighted by molar-refractivity contribution is 0.599. The van der Waals surface area contributed by atoms with Crippen LogP contribution >= 0.6 is 0 Å². The Hall–Kier alpha value is -0.870. The van der Waals surface area contributed by atoms with Gasteiger partial charge in [-0.1, -0.05) is 6.07 Å². The van der Waals surface area contributed by atoms with Crippen molar-refractivity contribution in [2.75, 3.05) is 6.26 Å². The first-order chi connectivity index (χ1) is 6.73. The summed E-state index contributed by atoms with van der Waals surface area (Å²) in [5, 5.41) is 0. The lowest BCUT2D eigenvalue weighted by Crippen LogP contribution is -2.12. The maximum Gasteiger partial charge on any atom is 0.175 e. The summed E-state index contributed by atoms with van der Waals surface area (Å²) in [6.45, 7) is 5.64. The zero-order valence-corrected chi connectivity index (χ0v) is 10.4. The van der Waals surface area contributed by atoms with Gasteiger partial charge in [-0.2, -0.15) is 0 Å². The summed E-state index contributed by atoms with van der Waals surface area (Å²) in [6, 6.07) is 3.29. The average Bonchev–Trinajstić information content (AvgIpc) is 2.06. The molecule has 0 saturated carbocycles. The lowest BCUT2D eigenvalue weighted by Gasteiger charge is -2.14. The molecule has 0 aliphatic heterocycles. The van der Waals surface area contributed by atoms with E-state index in [1.165, 1.54) is 6.26 Å². The molecular formula is C11H17NO2S. The van der Waals surface area contributed by atoms with Gasteiger partial charge >= 0.3 is 0 Å². The lowest BCUT2D eigenvalue weighted by atomic mass is 10.0. The molecule has 3 nitrogen and oxygen atoms in total. The van der Waals surface area contributed by atoms with E-state index in [1.54, 1.807) is 13.0 Å². The molecule has 0 spiro atoms. The average molecular weight is 227 g/mol. The van der Waals surface area contributed by atoms with Crippen molar-refractivity contribution in [1.82, 2.24) is 0 Å². The van der Waals surface area contributed by atoms with Crippen LogP contribution < -0.4 is 5.73 Å². The van der Waals surface area contributed by atoms with Gasteiger partial charge in [0.25, 0.3) is 0 Å². The summed E-state index contributed by atoms with van der Waals surface area (Å²) >= 11 is 0. The van der Waals surface area contributed by atoms with E-state index in [0.717, 1.165) is 11.1 Å². The second-order valence-electron chi connectivity index (χ2n) is 4.04. The molecule has 0 aliphatic rings. The monoisotopic (exact) mass is 227 g/mol. The molecule has 0 aliphatic carbocycles. The standard InChI is InChI=1S/C11H17NO2S/c1-7-5-10(9(3)12)11(6-8(7)2)15(4,13)14/h5-6,9H,12H2,1-4H3. The van der Waals surface area contributed by atoms with Crippen LogP contribution in [0.3, 0.4) is 0 Å². The van der Waals surface area contributed by atoms with Gasteiger partial charge in [0.05, 0.1) is 4.90 Å². The fourth-order valence-electron chi connectivity index (χ4n) is 1.49. The molecule has 15 heavy (non-hydrogen) atoms. The molecule has 4 heteroatoms. The number of nitrogens with two attached hydrogens (primary N) is 1. The first-order valence-electron chi connectivity index (χ1n) is 4.80. The molecule has 1 rings (SSSR count). The minimum absolute atomic E-state index is 0.269. The largest absolute Gasteiger partial charge is 0.324 e. The molecule has 84 valence electrons. The minimum atomic E-state index is -3.20. The van der Waals surface area contributed by atoms with Crippen molar-refractivity contribution >= 4 is 9.84 Å². The third-order valence-corrected chi connectivity index (χ3v) is 3.67. The van der Waals surface area contributed by atoms with Gasteiger partial charge < -0.3 is 5.73 Å². The van der Waals surface area contributed by atoms with E-state index in [-0.39, 0.29) is 6.04 Å². The number of aryl methyl sites for hydroxylation is 2. The van der Waals surface area contributed by atoms with Gasteiger partial charge in [-0.05, 0) is 43.5 Å². The normalized spacial score (nSPS) is 13.9. The summed E-state index contributed by atoms with van der Waals surface area (Å²) in [5.41, 5.74) is 8.50. The van der Waals surface area contributed by atoms with Crippen LogP contribution in [0.2, 0.25) is 0 Å². The van der Waals surface area contributed by atoms with Crippen molar-refractivity contribution < 1.29 is 8.42 Å². The fourth-order valence-corrected chi connectivity index (χ4v) is 2.55. The van der Waals surface area contributed by atoms with Crippen molar-refractivity contribution in [3.05, 3.63) is 28.8 Å².